The van der Waals surface area contributed by atoms with Crippen LogP contribution >= 0.6 is 0 Å². The largest absolute Gasteiger partial charge is 0.416 e. The zero-order valence-corrected chi connectivity index (χ0v) is 24.2. The highest BCUT2D eigenvalue weighted by atomic mass is 19.4. The van der Waals surface area contributed by atoms with Gasteiger partial charge in [-0.25, -0.2) is 4.39 Å². The molecule has 2 fully saturated rings. The van der Waals surface area contributed by atoms with Crippen LogP contribution in [0, 0.1) is 5.82 Å². The zero-order valence-electron chi connectivity index (χ0n) is 24.2. The summed E-state index contributed by atoms with van der Waals surface area (Å²) >= 11 is 0. The summed E-state index contributed by atoms with van der Waals surface area (Å²) in [7, 11) is 0. The maximum Gasteiger partial charge on any atom is 0.416 e. The number of aliphatic hydroxyl groups is 1. The Kier molecular flexibility index (Phi) is 9.72. The minimum absolute atomic E-state index is 0.0409. The van der Waals surface area contributed by atoms with Crippen LogP contribution in [0.25, 0.3) is 0 Å². The van der Waals surface area contributed by atoms with E-state index in [2.05, 4.69) is 4.90 Å². The van der Waals surface area contributed by atoms with Gasteiger partial charge in [0.25, 0.3) is 0 Å². The average Bonchev–Trinajstić information content (AvgIpc) is 3.02. The lowest BCUT2D eigenvalue weighted by molar-refractivity contribution is -0.143. The minimum Gasteiger partial charge on any atom is -0.393 e. The fraction of sp³-hybridized carbons (Fsp3) is 0.471. The predicted molar refractivity (Wildman–Crippen MR) is 153 cm³/mol. The summed E-state index contributed by atoms with van der Waals surface area (Å²) in [6.07, 6.45) is -6.25. The number of alkyl halides is 6. The first-order valence-electron chi connectivity index (χ1n) is 14.9. The van der Waals surface area contributed by atoms with Gasteiger partial charge in [-0.2, -0.15) is 26.3 Å². The van der Waals surface area contributed by atoms with Crippen LogP contribution in [0.5, 0.6) is 0 Å². The summed E-state index contributed by atoms with van der Waals surface area (Å²) < 4.78 is 100. The Bertz CT molecular complexity index is 1330. The monoisotopic (exact) mass is 623 g/mol. The molecule has 1 saturated heterocycles. The van der Waals surface area contributed by atoms with Crippen molar-refractivity contribution in [1.29, 1.82) is 0 Å². The van der Waals surface area contributed by atoms with Gasteiger partial charge < -0.3 is 14.7 Å². The molecule has 0 spiro atoms. The standard InChI is InChI=1S/C34H36F7NO2/c35-29-8-6-23(7-9-29)24-12-16-42(17-13-24)30-10-14-32(15-11-30,26-4-2-1-3-5-26)22-44-31(21-43)25-18-27(33(36,37)38)20-28(19-25)34(39,40)41/h1-9,18-20,24,30-31,43H,10-17,21-22H2/t30-,31?,32+. The van der Waals surface area contributed by atoms with Crippen LogP contribution in [0.2, 0.25) is 0 Å². The van der Waals surface area contributed by atoms with Crippen LogP contribution < -0.4 is 0 Å². The van der Waals surface area contributed by atoms with Crippen molar-refractivity contribution in [3.8, 4) is 0 Å². The van der Waals surface area contributed by atoms with Crippen LogP contribution in [0.3, 0.4) is 0 Å². The number of nitrogens with zero attached hydrogens (tertiary/aromatic N) is 1. The Morgan fingerprint density at radius 2 is 1.36 bits per heavy atom. The van der Waals surface area contributed by atoms with Gasteiger partial charge in [-0.15, -0.1) is 0 Å². The van der Waals surface area contributed by atoms with Crippen molar-refractivity contribution in [2.24, 2.45) is 0 Å². The molecule has 0 bridgehead atoms. The van der Waals surface area contributed by atoms with E-state index in [4.69, 9.17) is 4.74 Å². The van der Waals surface area contributed by atoms with Crippen LogP contribution in [-0.2, 0) is 22.5 Å². The third kappa shape index (κ3) is 7.46. The topological polar surface area (TPSA) is 32.7 Å². The van der Waals surface area contributed by atoms with Gasteiger partial charge in [-0.1, -0.05) is 42.5 Å². The highest BCUT2D eigenvalue weighted by Crippen LogP contribution is 2.44. The molecule has 1 heterocycles. The van der Waals surface area contributed by atoms with Gasteiger partial charge in [-0.3, -0.25) is 0 Å². The number of benzene rings is 3. The lowest BCUT2D eigenvalue weighted by Gasteiger charge is -2.46. The average molecular weight is 624 g/mol. The van der Waals surface area contributed by atoms with Crippen LogP contribution in [0.4, 0.5) is 30.7 Å². The van der Waals surface area contributed by atoms with Gasteiger partial charge in [-0.05, 0) is 105 Å². The molecule has 3 nitrogen and oxygen atoms in total. The van der Waals surface area contributed by atoms with Crippen molar-refractivity contribution in [3.63, 3.8) is 0 Å². The number of hydrogen-bond donors (Lipinski definition) is 1. The maximum absolute atomic E-state index is 13.5. The maximum atomic E-state index is 13.5. The van der Waals surface area contributed by atoms with E-state index in [1.807, 2.05) is 42.5 Å². The quantitative estimate of drug-likeness (QED) is 0.255. The summed E-state index contributed by atoms with van der Waals surface area (Å²) in [5.74, 6) is 0.141. The second kappa shape index (κ2) is 13.2. The lowest BCUT2D eigenvalue weighted by Crippen LogP contribution is -2.47. The smallest absolute Gasteiger partial charge is 0.393 e. The summed E-state index contributed by atoms with van der Waals surface area (Å²) in [5, 5.41) is 10.1. The third-order valence-corrected chi connectivity index (χ3v) is 9.39. The Hall–Kier alpha value is -2.95. The number of piperidine rings is 1. The molecule has 2 aliphatic rings. The van der Waals surface area contributed by atoms with Crippen LogP contribution in [0.1, 0.15) is 78.4 Å². The Labute approximate surface area is 252 Å². The molecule has 0 amide bonds. The first kappa shape index (κ1) is 32.4. The first-order valence-corrected chi connectivity index (χ1v) is 14.9. The third-order valence-electron chi connectivity index (χ3n) is 9.39. The van der Waals surface area contributed by atoms with Crippen LogP contribution in [0.15, 0.2) is 72.8 Å². The van der Waals surface area contributed by atoms with Crippen molar-refractivity contribution < 1.29 is 40.6 Å². The fourth-order valence-corrected chi connectivity index (χ4v) is 6.84. The van der Waals surface area contributed by atoms with Gasteiger partial charge in [0, 0.05) is 11.5 Å². The number of hydrogen-bond acceptors (Lipinski definition) is 3. The molecule has 1 aliphatic heterocycles. The van der Waals surface area contributed by atoms with Crippen molar-refractivity contribution in [2.75, 3.05) is 26.3 Å². The highest BCUT2D eigenvalue weighted by Gasteiger charge is 2.41. The summed E-state index contributed by atoms with van der Waals surface area (Å²) in [6.45, 7) is 1.12. The van der Waals surface area contributed by atoms with Crippen molar-refractivity contribution >= 4 is 0 Å². The van der Waals surface area contributed by atoms with E-state index in [0.717, 1.165) is 49.9 Å². The van der Waals surface area contributed by atoms with Gasteiger partial charge >= 0.3 is 12.4 Å². The molecule has 3 aromatic rings. The molecule has 3 aromatic carbocycles. The molecule has 0 aromatic heterocycles. The molecular weight excluding hydrogens is 587 g/mol. The predicted octanol–water partition coefficient (Wildman–Crippen LogP) is 8.67. The lowest BCUT2D eigenvalue weighted by atomic mass is 9.68. The molecule has 1 atom stereocenters. The Balaban J connectivity index is 1.29. The molecule has 1 unspecified atom stereocenters. The SMILES string of the molecule is OCC(OC[C@]1(c2ccccc2)CC[C@@H](N2CCC(c3ccc(F)cc3)CC2)CC1)c1cc(C(F)(F)F)cc(C(F)(F)F)c1. The number of ether oxygens (including phenoxy) is 1. The van der Waals surface area contributed by atoms with Crippen molar-refractivity contribution in [1.82, 2.24) is 4.90 Å². The van der Waals surface area contributed by atoms with Gasteiger partial charge in [0.15, 0.2) is 0 Å². The molecule has 44 heavy (non-hydrogen) atoms. The van der Waals surface area contributed by atoms with E-state index >= 15 is 0 Å². The summed E-state index contributed by atoms with van der Waals surface area (Å²) in [5.41, 5.74) is -1.61. The summed E-state index contributed by atoms with van der Waals surface area (Å²) in [4.78, 5) is 2.49. The molecule has 10 heteroatoms. The fourth-order valence-electron chi connectivity index (χ4n) is 6.84. The van der Waals surface area contributed by atoms with E-state index in [0.29, 0.717) is 36.9 Å². The van der Waals surface area contributed by atoms with Crippen LogP contribution in [-0.4, -0.2) is 42.4 Å². The van der Waals surface area contributed by atoms with Gasteiger partial charge in [0.05, 0.1) is 24.3 Å². The number of likely N-dealkylation sites (tertiary alicyclic amines) is 1. The highest BCUT2D eigenvalue weighted by molar-refractivity contribution is 5.35. The van der Waals surface area contributed by atoms with E-state index in [1.165, 1.54) is 12.1 Å². The van der Waals surface area contributed by atoms with Gasteiger partial charge in [0.1, 0.15) is 11.9 Å². The first-order chi connectivity index (χ1) is 20.9. The second-order valence-corrected chi connectivity index (χ2v) is 12.1. The molecule has 1 aliphatic carbocycles. The summed E-state index contributed by atoms with van der Waals surface area (Å²) in [6, 6.07) is 18.0. The number of aliphatic hydroxyl groups excluding tert-OH is 1. The van der Waals surface area contributed by atoms with Crippen molar-refractivity contribution in [3.05, 3.63) is 106 Å². The van der Waals surface area contributed by atoms with E-state index in [9.17, 15) is 35.8 Å². The molecule has 1 N–H and O–H groups in total. The normalized spacial score (nSPS) is 23.0. The van der Waals surface area contributed by atoms with Gasteiger partial charge in [0.2, 0.25) is 0 Å². The number of halogens is 7. The molecule has 0 radical (unpaired) electrons. The Morgan fingerprint density at radius 3 is 1.89 bits per heavy atom. The van der Waals surface area contributed by atoms with E-state index in [-0.39, 0.29) is 24.1 Å². The number of rotatable bonds is 8. The van der Waals surface area contributed by atoms with Crippen molar-refractivity contribution in [2.45, 2.75) is 74.4 Å². The Morgan fingerprint density at radius 1 is 0.795 bits per heavy atom. The molecule has 5 rings (SSSR count). The van der Waals surface area contributed by atoms with E-state index < -0.39 is 41.6 Å². The molecule has 238 valence electrons. The molecular formula is C34H36F7NO2. The minimum atomic E-state index is -4.99. The molecule has 1 saturated carbocycles. The van der Waals surface area contributed by atoms with E-state index in [1.54, 1.807) is 0 Å². The zero-order chi connectivity index (χ0) is 31.5. The second-order valence-electron chi connectivity index (χ2n) is 12.1.